The largest absolute Gasteiger partial charge is 0.495 e. The second-order valence-corrected chi connectivity index (χ2v) is 7.89. The molecule has 1 saturated heterocycles. The summed E-state index contributed by atoms with van der Waals surface area (Å²) in [6.45, 7) is 5.43. The molecule has 3 N–H and O–H groups in total. The maximum atomic E-state index is 12.6. The first kappa shape index (κ1) is 22.6. The number of para-hydroxylation sites is 2. The van der Waals surface area contributed by atoms with Gasteiger partial charge in [-0.15, -0.1) is 0 Å². The molecule has 7 nitrogen and oxygen atoms in total. The average Bonchev–Trinajstić information content (AvgIpc) is 3.29. The smallest absolute Gasteiger partial charge is 0.279 e. The minimum absolute atomic E-state index is 0.0949. The van der Waals surface area contributed by atoms with E-state index in [9.17, 15) is 9.59 Å². The Kier molecular flexibility index (Phi) is 8.29. The van der Waals surface area contributed by atoms with Crippen molar-refractivity contribution in [2.24, 2.45) is 0 Å². The van der Waals surface area contributed by atoms with Crippen LogP contribution in [0.25, 0.3) is 0 Å². The van der Waals surface area contributed by atoms with Gasteiger partial charge < -0.3 is 25.2 Å². The van der Waals surface area contributed by atoms with Crippen LogP contribution >= 0.6 is 0 Å². The van der Waals surface area contributed by atoms with Crippen LogP contribution in [0.4, 0.5) is 17.1 Å². The van der Waals surface area contributed by atoms with Gasteiger partial charge >= 0.3 is 0 Å². The molecule has 0 aliphatic carbocycles. The monoisotopic (exact) mass is 425 g/mol. The van der Waals surface area contributed by atoms with E-state index < -0.39 is 0 Å². The molecule has 0 spiro atoms. The van der Waals surface area contributed by atoms with E-state index in [0.717, 1.165) is 36.6 Å². The van der Waals surface area contributed by atoms with E-state index in [1.165, 1.54) is 18.5 Å². The number of quaternary nitrogens is 1. The number of rotatable bonds is 10. The molecule has 1 aliphatic heterocycles. The summed E-state index contributed by atoms with van der Waals surface area (Å²) in [5, 5.41) is 5.84. The van der Waals surface area contributed by atoms with Crippen molar-refractivity contribution in [2.45, 2.75) is 26.2 Å². The van der Waals surface area contributed by atoms with Gasteiger partial charge in [0.1, 0.15) is 5.75 Å². The number of benzene rings is 2. The molecule has 1 unspecified atom stereocenters. The number of nitrogens with one attached hydrogen (secondary N) is 3. The predicted molar refractivity (Wildman–Crippen MR) is 124 cm³/mol. The molecule has 0 aromatic heterocycles. The minimum atomic E-state index is -0.143. The normalized spacial score (nSPS) is 14.2. The lowest BCUT2D eigenvalue weighted by Crippen LogP contribution is -3.14. The Bertz CT molecular complexity index is 863. The fourth-order valence-electron chi connectivity index (χ4n) is 3.93. The van der Waals surface area contributed by atoms with Gasteiger partial charge in [0.25, 0.3) is 11.8 Å². The predicted octanol–water partition coefficient (Wildman–Crippen LogP) is 2.17. The molecule has 0 bridgehead atoms. The summed E-state index contributed by atoms with van der Waals surface area (Å²) < 4.78 is 5.28. The van der Waals surface area contributed by atoms with Crippen LogP contribution in [0.5, 0.6) is 5.75 Å². The molecule has 1 heterocycles. The third kappa shape index (κ3) is 6.72. The van der Waals surface area contributed by atoms with Crippen molar-refractivity contribution in [1.82, 2.24) is 0 Å². The lowest BCUT2D eigenvalue weighted by molar-refractivity contribution is -0.883. The number of carbonyl (C=O) groups excluding carboxylic acids is 2. The molecular formula is C24H33N4O3+. The van der Waals surface area contributed by atoms with Crippen molar-refractivity contribution in [3.05, 3.63) is 48.5 Å². The highest BCUT2D eigenvalue weighted by Crippen LogP contribution is 2.23. The van der Waals surface area contributed by atoms with Crippen molar-refractivity contribution in [2.75, 3.05) is 55.4 Å². The first-order valence-electron chi connectivity index (χ1n) is 11.0. The summed E-state index contributed by atoms with van der Waals surface area (Å²) in [6, 6.07) is 15.3. The number of hydrogen-bond acceptors (Lipinski definition) is 4. The molecule has 1 aliphatic rings. The fraction of sp³-hybridized carbons (Fsp3) is 0.417. The van der Waals surface area contributed by atoms with Crippen LogP contribution in [0.3, 0.4) is 0 Å². The van der Waals surface area contributed by atoms with Gasteiger partial charge in [-0.2, -0.15) is 0 Å². The maximum absolute atomic E-state index is 12.6. The van der Waals surface area contributed by atoms with E-state index in [1.807, 2.05) is 31.2 Å². The van der Waals surface area contributed by atoms with E-state index in [2.05, 4.69) is 27.7 Å². The van der Waals surface area contributed by atoms with Crippen molar-refractivity contribution in [3.63, 3.8) is 0 Å². The van der Waals surface area contributed by atoms with E-state index in [0.29, 0.717) is 11.4 Å². The Labute approximate surface area is 184 Å². The Morgan fingerprint density at radius 2 is 1.61 bits per heavy atom. The van der Waals surface area contributed by atoms with Gasteiger partial charge in [-0.3, -0.25) is 9.59 Å². The Hall–Kier alpha value is -3.06. The molecule has 1 fully saturated rings. The van der Waals surface area contributed by atoms with Crippen molar-refractivity contribution >= 4 is 28.9 Å². The van der Waals surface area contributed by atoms with Crippen molar-refractivity contribution in [1.29, 1.82) is 0 Å². The quantitative estimate of drug-likeness (QED) is 0.545. The molecule has 2 amide bonds. The van der Waals surface area contributed by atoms with Gasteiger partial charge in [0, 0.05) is 24.5 Å². The van der Waals surface area contributed by atoms with Crippen molar-refractivity contribution < 1.29 is 19.2 Å². The molecule has 166 valence electrons. The number of ether oxygens (including phenoxy) is 1. The van der Waals surface area contributed by atoms with Gasteiger partial charge in [0.15, 0.2) is 13.1 Å². The Morgan fingerprint density at radius 1 is 0.968 bits per heavy atom. The van der Waals surface area contributed by atoms with Crippen LogP contribution in [0.2, 0.25) is 0 Å². The zero-order valence-electron chi connectivity index (χ0n) is 18.4. The van der Waals surface area contributed by atoms with Crippen LogP contribution in [-0.4, -0.2) is 51.6 Å². The summed E-state index contributed by atoms with van der Waals surface area (Å²) in [4.78, 5) is 28.4. The molecule has 0 radical (unpaired) electrons. The van der Waals surface area contributed by atoms with E-state index in [-0.39, 0.29) is 24.9 Å². The number of anilines is 3. The minimum Gasteiger partial charge on any atom is -0.495 e. The second kappa shape index (κ2) is 11.4. The number of hydrogen-bond donors (Lipinski definition) is 3. The summed E-state index contributed by atoms with van der Waals surface area (Å²) in [5.74, 6) is 0.376. The Morgan fingerprint density at radius 3 is 2.26 bits per heavy atom. The second-order valence-electron chi connectivity index (χ2n) is 7.89. The van der Waals surface area contributed by atoms with Gasteiger partial charge in [0.2, 0.25) is 0 Å². The van der Waals surface area contributed by atoms with Crippen LogP contribution in [0, 0.1) is 0 Å². The zero-order chi connectivity index (χ0) is 22.1. The number of carbonyl (C=O) groups is 2. The lowest BCUT2D eigenvalue weighted by atomic mass is 10.2. The van der Waals surface area contributed by atoms with Gasteiger partial charge in [-0.1, -0.05) is 19.1 Å². The molecule has 3 rings (SSSR count). The fourth-order valence-corrected chi connectivity index (χ4v) is 3.93. The maximum Gasteiger partial charge on any atom is 0.279 e. The highest BCUT2D eigenvalue weighted by atomic mass is 16.5. The molecule has 1 atom stereocenters. The van der Waals surface area contributed by atoms with E-state index >= 15 is 0 Å². The number of nitrogens with zero attached hydrogens (tertiary/aromatic N) is 1. The molecule has 7 heteroatoms. The third-order valence-electron chi connectivity index (χ3n) is 5.43. The van der Waals surface area contributed by atoms with Crippen LogP contribution < -0.4 is 25.2 Å². The zero-order valence-corrected chi connectivity index (χ0v) is 18.4. The van der Waals surface area contributed by atoms with Gasteiger partial charge in [-0.05, 0) is 55.7 Å². The highest BCUT2D eigenvalue weighted by molar-refractivity contribution is 5.94. The van der Waals surface area contributed by atoms with Gasteiger partial charge in [0.05, 0.1) is 19.3 Å². The van der Waals surface area contributed by atoms with E-state index in [1.54, 1.807) is 19.2 Å². The first-order valence-corrected chi connectivity index (χ1v) is 11.0. The topological polar surface area (TPSA) is 75.1 Å². The molecule has 2 aromatic carbocycles. The molecule has 31 heavy (non-hydrogen) atoms. The third-order valence-corrected chi connectivity index (χ3v) is 5.43. The van der Waals surface area contributed by atoms with Crippen LogP contribution in [-0.2, 0) is 9.59 Å². The van der Waals surface area contributed by atoms with Crippen LogP contribution in [0.15, 0.2) is 48.5 Å². The van der Waals surface area contributed by atoms with Crippen LogP contribution in [0.1, 0.15) is 26.2 Å². The number of amides is 2. The first-order chi connectivity index (χ1) is 15.1. The molecular weight excluding hydrogens is 392 g/mol. The summed E-state index contributed by atoms with van der Waals surface area (Å²) in [7, 11) is 1.57. The number of methoxy groups -OCH3 is 1. The summed E-state index contributed by atoms with van der Waals surface area (Å²) >= 11 is 0. The SMILES string of the molecule is CCC[NH+](CC(=O)Nc1ccc(N2CCCC2)cc1)CC(=O)Nc1ccccc1OC. The summed E-state index contributed by atoms with van der Waals surface area (Å²) in [5.41, 5.74) is 2.61. The van der Waals surface area contributed by atoms with Crippen molar-refractivity contribution in [3.8, 4) is 5.75 Å². The molecule has 2 aromatic rings. The van der Waals surface area contributed by atoms with E-state index in [4.69, 9.17) is 4.74 Å². The standard InChI is InChI=1S/C24H32N4O3/c1-3-14-27(18-24(30)26-21-8-4-5-9-22(21)31-2)17-23(29)25-19-10-12-20(13-11-19)28-15-6-7-16-28/h4-5,8-13H,3,6-7,14-18H2,1-2H3,(H,25,29)(H,26,30)/p+1. The van der Waals surface area contributed by atoms with Gasteiger partial charge in [-0.25, -0.2) is 0 Å². The Balaban J connectivity index is 1.52. The highest BCUT2D eigenvalue weighted by Gasteiger charge is 2.19. The lowest BCUT2D eigenvalue weighted by Gasteiger charge is -2.19. The molecule has 0 saturated carbocycles. The average molecular weight is 426 g/mol. The summed E-state index contributed by atoms with van der Waals surface area (Å²) in [6.07, 6.45) is 3.35.